The molecular weight excluding hydrogens is 316 g/mol. The quantitative estimate of drug-likeness (QED) is 0.765. The minimum atomic E-state index is -0.448. The molecular formula is C19H22N4O2. The van der Waals surface area contributed by atoms with E-state index in [0.29, 0.717) is 17.2 Å². The predicted octanol–water partition coefficient (Wildman–Crippen LogP) is 3.43. The number of hydrogen-bond acceptors (Lipinski definition) is 3. The number of anilines is 1. The third-order valence-corrected chi connectivity index (χ3v) is 4.26. The molecule has 0 unspecified atom stereocenters. The maximum absolute atomic E-state index is 12.6. The van der Waals surface area contributed by atoms with Crippen molar-refractivity contribution in [1.82, 2.24) is 14.5 Å². The van der Waals surface area contributed by atoms with Gasteiger partial charge in [0.25, 0.3) is 11.5 Å². The van der Waals surface area contributed by atoms with Crippen LogP contribution in [0.5, 0.6) is 0 Å². The molecule has 3 aromatic rings. The molecule has 130 valence electrons. The summed E-state index contributed by atoms with van der Waals surface area (Å²) in [5.41, 5.74) is 1.83. The molecule has 25 heavy (non-hydrogen) atoms. The monoisotopic (exact) mass is 338 g/mol. The topological polar surface area (TPSA) is 79.8 Å². The Morgan fingerprint density at radius 1 is 1.32 bits per heavy atom. The van der Waals surface area contributed by atoms with E-state index in [1.165, 1.54) is 0 Å². The summed E-state index contributed by atoms with van der Waals surface area (Å²) in [6.45, 7) is 8.53. The van der Waals surface area contributed by atoms with Crippen LogP contribution in [0.2, 0.25) is 0 Å². The van der Waals surface area contributed by atoms with E-state index in [1.807, 2.05) is 44.3 Å². The number of nitrogens with one attached hydrogen (secondary N) is 2. The molecule has 0 aliphatic heterocycles. The van der Waals surface area contributed by atoms with Gasteiger partial charge in [0, 0.05) is 35.2 Å². The number of carbonyl (C=O) groups is 1. The van der Waals surface area contributed by atoms with E-state index >= 15 is 0 Å². The Morgan fingerprint density at radius 3 is 2.72 bits per heavy atom. The second kappa shape index (κ2) is 6.55. The van der Waals surface area contributed by atoms with Crippen molar-refractivity contribution < 1.29 is 4.79 Å². The summed E-state index contributed by atoms with van der Waals surface area (Å²) < 4.78 is 2.13. The summed E-state index contributed by atoms with van der Waals surface area (Å²) in [6, 6.07) is 7.71. The van der Waals surface area contributed by atoms with Gasteiger partial charge in [0.05, 0.1) is 5.69 Å². The number of aryl methyl sites for hydroxylation is 2. The Kier molecular flexibility index (Phi) is 4.44. The Balaban J connectivity index is 1.91. The number of benzene rings is 1. The lowest BCUT2D eigenvalue weighted by atomic mass is 10.1. The second-order valence-corrected chi connectivity index (χ2v) is 6.40. The van der Waals surface area contributed by atoms with E-state index in [9.17, 15) is 9.59 Å². The Labute approximate surface area is 145 Å². The molecule has 2 N–H and O–H groups in total. The molecule has 0 spiro atoms. The molecule has 0 radical (unpaired) electrons. The number of fused-ring (bicyclic) bond motifs is 1. The van der Waals surface area contributed by atoms with E-state index in [4.69, 9.17) is 0 Å². The normalized spacial score (nSPS) is 11.2. The van der Waals surface area contributed by atoms with Crippen LogP contribution in [-0.4, -0.2) is 20.4 Å². The summed E-state index contributed by atoms with van der Waals surface area (Å²) in [5.74, 6) is 0.228. The van der Waals surface area contributed by atoms with Gasteiger partial charge in [0.15, 0.2) is 0 Å². The number of carbonyl (C=O) groups excluding carboxylic acids is 1. The lowest BCUT2D eigenvalue weighted by molar-refractivity contribution is 0.102. The first-order chi connectivity index (χ1) is 11.9. The zero-order valence-electron chi connectivity index (χ0n) is 14.9. The summed E-state index contributed by atoms with van der Waals surface area (Å²) >= 11 is 0. The molecule has 6 nitrogen and oxygen atoms in total. The first kappa shape index (κ1) is 17.0. The highest BCUT2D eigenvalue weighted by atomic mass is 16.2. The van der Waals surface area contributed by atoms with Crippen LogP contribution >= 0.6 is 0 Å². The molecule has 2 aromatic heterocycles. The van der Waals surface area contributed by atoms with Crippen molar-refractivity contribution >= 4 is 22.5 Å². The molecule has 0 saturated carbocycles. The number of hydrogen-bond donors (Lipinski definition) is 2. The number of rotatable bonds is 4. The Hall–Kier alpha value is -2.89. The number of amides is 1. The number of nitrogens with zero attached hydrogens (tertiary/aromatic N) is 2. The smallest absolute Gasteiger partial charge is 0.264 e. The van der Waals surface area contributed by atoms with Gasteiger partial charge in [-0.15, -0.1) is 0 Å². The van der Waals surface area contributed by atoms with Crippen molar-refractivity contribution in [3.63, 3.8) is 0 Å². The predicted molar refractivity (Wildman–Crippen MR) is 99.2 cm³/mol. The Morgan fingerprint density at radius 2 is 2.08 bits per heavy atom. The molecule has 6 heteroatoms. The average molecular weight is 338 g/mol. The summed E-state index contributed by atoms with van der Waals surface area (Å²) in [5, 5.41) is 3.84. The molecule has 3 rings (SSSR count). The summed E-state index contributed by atoms with van der Waals surface area (Å²) in [6.07, 6.45) is 2.01. The first-order valence-corrected chi connectivity index (χ1v) is 8.41. The van der Waals surface area contributed by atoms with Gasteiger partial charge in [0.1, 0.15) is 11.4 Å². The fraction of sp³-hybridized carbons (Fsp3) is 0.316. The zero-order chi connectivity index (χ0) is 18.1. The fourth-order valence-corrected chi connectivity index (χ4v) is 2.90. The van der Waals surface area contributed by atoms with Gasteiger partial charge in [-0.25, -0.2) is 4.98 Å². The molecule has 0 atom stereocenters. The fourth-order valence-electron chi connectivity index (χ4n) is 2.90. The van der Waals surface area contributed by atoms with Crippen molar-refractivity contribution in [2.24, 2.45) is 0 Å². The van der Waals surface area contributed by atoms with Gasteiger partial charge in [-0.1, -0.05) is 13.8 Å². The van der Waals surface area contributed by atoms with Gasteiger partial charge >= 0.3 is 0 Å². The van der Waals surface area contributed by atoms with E-state index in [-0.39, 0.29) is 11.5 Å². The number of aromatic nitrogens is 3. The molecule has 0 aliphatic rings. The third kappa shape index (κ3) is 3.20. The zero-order valence-corrected chi connectivity index (χ0v) is 14.9. The average Bonchev–Trinajstić information content (AvgIpc) is 2.96. The van der Waals surface area contributed by atoms with Gasteiger partial charge in [-0.2, -0.15) is 0 Å². The highest BCUT2D eigenvalue weighted by Gasteiger charge is 2.17. The minimum absolute atomic E-state index is 0.0515. The lowest BCUT2D eigenvalue weighted by Crippen LogP contribution is -2.27. The van der Waals surface area contributed by atoms with Crippen molar-refractivity contribution in [1.29, 1.82) is 0 Å². The van der Waals surface area contributed by atoms with Crippen molar-refractivity contribution in [2.45, 2.75) is 40.2 Å². The highest BCUT2D eigenvalue weighted by molar-refractivity contribution is 6.05. The van der Waals surface area contributed by atoms with Crippen LogP contribution in [-0.2, 0) is 6.54 Å². The first-order valence-electron chi connectivity index (χ1n) is 8.41. The summed E-state index contributed by atoms with van der Waals surface area (Å²) in [7, 11) is 0. The van der Waals surface area contributed by atoms with Crippen LogP contribution in [0.4, 0.5) is 5.69 Å². The van der Waals surface area contributed by atoms with Crippen LogP contribution in [0.15, 0.2) is 35.3 Å². The van der Waals surface area contributed by atoms with Gasteiger partial charge in [-0.05, 0) is 38.1 Å². The second-order valence-electron chi connectivity index (χ2n) is 6.40. The van der Waals surface area contributed by atoms with Crippen LogP contribution in [0, 0.1) is 6.92 Å². The lowest BCUT2D eigenvalue weighted by Gasteiger charge is -2.10. The van der Waals surface area contributed by atoms with Crippen molar-refractivity contribution in [3.8, 4) is 0 Å². The minimum Gasteiger partial charge on any atom is -0.348 e. The van der Waals surface area contributed by atoms with E-state index in [2.05, 4.69) is 26.8 Å². The van der Waals surface area contributed by atoms with Crippen LogP contribution < -0.4 is 10.9 Å². The molecule has 0 saturated heterocycles. The van der Waals surface area contributed by atoms with Crippen LogP contribution in [0.3, 0.4) is 0 Å². The molecule has 1 aromatic carbocycles. The van der Waals surface area contributed by atoms with Crippen molar-refractivity contribution in [2.75, 3.05) is 5.32 Å². The SMILES string of the molecule is CCn1ccc2cc(NC(=O)c3c(C)nc(C(C)C)[nH]c3=O)ccc21. The van der Waals surface area contributed by atoms with Crippen LogP contribution in [0.25, 0.3) is 10.9 Å². The molecule has 2 heterocycles. The van der Waals surface area contributed by atoms with E-state index < -0.39 is 11.5 Å². The summed E-state index contributed by atoms with van der Waals surface area (Å²) in [4.78, 5) is 31.9. The molecule has 0 aliphatic carbocycles. The number of H-pyrrole nitrogens is 1. The van der Waals surface area contributed by atoms with E-state index in [1.54, 1.807) is 6.92 Å². The van der Waals surface area contributed by atoms with Gasteiger partial charge in [-0.3, -0.25) is 9.59 Å². The maximum Gasteiger partial charge on any atom is 0.264 e. The molecule has 0 fully saturated rings. The molecule has 0 bridgehead atoms. The standard InChI is InChI=1S/C19H22N4O2/c1-5-23-9-8-13-10-14(6-7-15(13)23)21-18(24)16-12(4)20-17(11(2)3)22-19(16)25/h6-11H,5H2,1-4H3,(H,21,24)(H,20,22,25). The third-order valence-electron chi connectivity index (χ3n) is 4.26. The van der Waals surface area contributed by atoms with Crippen LogP contribution in [0.1, 0.15) is 48.6 Å². The Bertz CT molecular complexity index is 998. The molecule has 1 amide bonds. The van der Waals surface area contributed by atoms with Gasteiger partial charge < -0.3 is 14.9 Å². The largest absolute Gasteiger partial charge is 0.348 e. The van der Waals surface area contributed by atoms with E-state index in [0.717, 1.165) is 17.4 Å². The number of aromatic amines is 1. The maximum atomic E-state index is 12.6. The van der Waals surface area contributed by atoms with Gasteiger partial charge in [0.2, 0.25) is 0 Å². The highest BCUT2D eigenvalue weighted by Crippen LogP contribution is 2.21. The van der Waals surface area contributed by atoms with Crippen molar-refractivity contribution in [3.05, 3.63) is 57.9 Å².